The van der Waals surface area contributed by atoms with Crippen LogP contribution in [0.15, 0.2) is 73.3 Å². The topological polar surface area (TPSA) is 124 Å². The van der Waals surface area contributed by atoms with Crippen LogP contribution < -0.4 is 5.73 Å². The van der Waals surface area contributed by atoms with Crippen LogP contribution in [-0.2, 0) is 37.0 Å². The van der Waals surface area contributed by atoms with Crippen molar-refractivity contribution < 1.29 is 23.7 Å². The first-order valence-corrected chi connectivity index (χ1v) is 18.1. The Morgan fingerprint density at radius 3 is 2.24 bits per heavy atom. The van der Waals surface area contributed by atoms with E-state index in [0.29, 0.717) is 17.8 Å². The molecule has 10 nitrogen and oxygen atoms in total. The quantitative estimate of drug-likeness (QED) is 0.124. The molecule has 1 aliphatic heterocycles. The normalized spacial score (nSPS) is 21.4. The molecule has 1 aliphatic rings. The first-order chi connectivity index (χ1) is 21.8. The number of nitrogens with two attached hydrogens (primary N) is 1. The smallest absolute Gasteiger partial charge is 0.303 e. The van der Waals surface area contributed by atoms with Gasteiger partial charge in [-0.2, -0.15) is 0 Å². The van der Waals surface area contributed by atoms with Gasteiger partial charge in [0.15, 0.2) is 29.4 Å². The minimum absolute atomic E-state index is 0.0774. The predicted molar refractivity (Wildman–Crippen MR) is 174 cm³/mol. The molecular formula is C34H41N5O5Si. The Kier molecular flexibility index (Phi) is 10.3. The van der Waals surface area contributed by atoms with Crippen molar-refractivity contribution >= 4 is 31.0 Å². The van der Waals surface area contributed by atoms with E-state index < -0.39 is 38.1 Å². The summed E-state index contributed by atoms with van der Waals surface area (Å²) >= 11 is 0. The summed E-state index contributed by atoms with van der Waals surface area (Å²) in [5.41, 5.74) is 11.4. The van der Waals surface area contributed by atoms with Crippen molar-refractivity contribution in [3.05, 3.63) is 84.4 Å². The fraction of sp³-hybridized carbons (Fsp3) is 0.412. The van der Waals surface area contributed by atoms with Crippen molar-refractivity contribution in [2.24, 2.45) is 0 Å². The van der Waals surface area contributed by atoms with Crippen LogP contribution in [0.2, 0.25) is 18.1 Å². The van der Waals surface area contributed by atoms with E-state index in [2.05, 4.69) is 47.2 Å². The van der Waals surface area contributed by atoms with Crippen LogP contribution in [0.3, 0.4) is 0 Å². The van der Waals surface area contributed by atoms with Crippen LogP contribution in [0.4, 0.5) is 5.82 Å². The zero-order valence-corrected chi connectivity index (χ0v) is 27.3. The highest BCUT2D eigenvalue weighted by Gasteiger charge is 2.59. The van der Waals surface area contributed by atoms with Gasteiger partial charge in [-0.1, -0.05) is 87.4 Å². The zero-order chi connectivity index (χ0) is 31.9. The van der Waals surface area contributed by atoms with Gasteiger partial charge in [0.05, 0.1) is 26.1 Å². The highest BCUT2D eigenvalue weighted by atomic mass is 28.3. The summed E-state index contributed by atoms with van der Waals surface area (Å²) in [4.78, 5) is 25.6. The number of nitrogens with zero attached hydrogens (tertiary/aromatic N) is 4. The Hall–Kier alpha value is -4.08. The number of aromatic nitrogens is 4. The van der Waals surface area contributed by atoms with E-state index in [9.17, 15) is 4.79 Å². The molecule has 0 unspecified atom stereocenters. The highest BCUT2D eigenvalue weighted by molar-refractivity contribution is 6.87. The average molecular weight is 628 g/mol. The maximum Gasteiger partial charge on any atom is 0.303 e. The maximum absolute atomic E-state index is 12.7. The molecule has 0 spiro atoms. The summed E-state index contributed by atoms with van der Waals surface area (Å²) in [6.07, 6.45) is 0.334. The van der Waals surface area contributed by atoms with Gasteiger partial charge in [0, 0.05) is 6.92 Å². The van der Waals surface area contributed by atoms with Gasteiger partial charge < -0.3 is 24.7 Å². The molecule has 2 aromatic heterocycles. The Morgan fingerprint density at radius 1 is 0.978 bits per heavy atom. The van der Waals surface area contributed by atoms with Crippen molar-refractivity contribution in [1.82, 2.24) is 19.5 Å². The van der Waals surface area contributed by atoms with Crippen LogP contribution >= 0.6 is 0 Å². The lowest BCUT2D eigenvalue weighted by atomic mass is 9.96. The van der Waals surface area contributed by atoms with Crippen LogP contribution in [0, 0.1) is 11.5 Å². The molecule has 0 bridgehead atoms. The van der Waals surface area contributed by atoms with Crippen molar-refractivity contribution in [2.45, 2.75) is 83.1 Å². The number of ether oxygens (including phenoxy) is 4. The average Bonchev–Trinajstić information content (AvgIpc) is 3.62. The Labute approximate surface area is 265 Å². The number of carbonyl (C=O) groups excluding carboxylic acids is 1. The van der Waals surface area contributed by atoms with Gasteiger partial charge in [-0.15, -0.1) is 5.54 Å². The fourth-order valence-electron chi connectivity index (χ4n) is 5.74. The van der Waals surface area contributed by atoms with E-state index in [0.717, 1.165) is 29.3 Å². The number of hydrogen-bond acceptors (Lipinski definition) is 9. The van der Waals surface area contributed by atoms with E-state index in [1.807, 2.05) is 60.7 Å². The number of rotatable bonds is 12. The second-order valence-electron chi connectivity index (χ2n) is 11.3. The van der Waals surface area contributed by atoms with Gasteiger partial charge in [0.1, 0.15) is 26.0 Å². The minimum Gasteiger partial charge on any atom is -0.455 e. The molecule has 3 heterocycles. The standard InChI is InChI=1S/C34H41N5O5Si/c1-5-45(6-2,7-3)19-18-34(22-41-20-26-14-10-8-11-15-26)30(42-21-27-16-12-9-13-17-27)29(43-25(4)40)33(44-34)39-24-38-28-31(35)36-23-37-32(28)39/h8-17,23-24,29-30,33H,5-7,20-22H2,1-4H3,(H2,35,36,37)/t29-,30+,33-,34-/m1/s1. The van der Waals surface area contributed by atoms with E-state index in [1.165, 1.54) is 13.3 Å². The molecule has 5 rings (SSSR count). The number of imidazole rings is 1. The second-order valence-corrected chi connectivity index (χ2v) is 16.3. The second kappa shape index (κ2) is 14.3. The molecule has 45 heavy (non-hydrogen) atoms. The number of nitrogen functional groups attached to an aromatic ring is 1. The third-order valence-corrected chi connectivity index (χ3v) is 13.3. The van der Waals surface area contributed by atoms with Crippen LogP contribution in [0.1, 0.15) is 45.0 Å². The maximum atomic E-state index is 12.7. The first-order valence-electron chi connectivity index (χ1n) is 15.4. The van der Waals surface area contributed by atoms with E-state index in [1.54, 1.807) is 10.9 Å². The number of esters is 1. The Balaban J connectivity index is 1.64. The van der Waals surface area contributed by atoms with E-state index in [-0.39, 0.29) is 19.0 Å². The molecule has 1 fully saturated rings. The van der Waals surface area contributed by atoms with Gasteiger partial charge in [0.2, 0.25) is 0 Å². The number of benzene rings is 2. The number of hydrogen-bond donors (Lipinski definition) is 1. The molecule has 4 atom stereocenters. The molecule has 2 aromatic carbocycles. The largest absolute Gasteiger partial charge is 0.455 e. The predicted octanol–water partition coefficient (Wildman–Crippen LogP) is 5.46. The summed E-state index contributed by atoms with van der Waals surface area (Å²) in [6, 6.07) is 22.8. The summed E-state index contributed by atoms with van der Waals surface area (Å²) < 4.78 is 27.8. The summed E-state index contributed by atoms with van der Waals surface area (Å²) in [5, 5.41) is 0. The summed E-state index contributed by atoms with van der Waals surface area (Å²) in [5.74, 6) is 3.33. The number of carbonyl (C=O) groups is 1. The van der Waals surface area contributed by atoms with E-state index in [4.69, 9.17) is 24.7 Å². The molecular weight excluding hydrogens is 586 g/mol. The molecule has 0 aliphatic carbocycles. The van der Waals surface area contributed by atoms with Crippen LogP contribution in [0.25, 0.3) is 11.2 Å². The third kappa shape index (κ3) is 7.10. The summed E-state index contributed by atoms with van der Waals surface area (Å²) in [6.45, 7) is 8.66. The Morgan fingerprint density at radius 2 is 1.62 bits per heavy atom. The van der Waals surface area contributed by atoms with Gasteiger partial charge in [-0.05, 0) is 29.3 Å². The highest BCUT2D eigenvalue weighted by Crippen LogP contribution is 2.43. The molecule has 1 saturated heterocycles. The molecule has 0 radical (unpaired) electrons. The van der Waals surface area contributed by atoms with Crippen LogP contribution in [-0.4, -0.2) is 58.0 Å². The fourth-order valence-corrected chi connectivity index (χ4v) is 8.25. The number of fused-ring (bicyclic) bond motifs is 1. The molecule has 11 heteroatoms. The Bertz CT molecular complexity index is 1630. The van der Waals surface area contributed by atoms with Gasteiger partial charge in [0.25, 0.3) is 0 Å². The molecule has 236 valence electrons. The first kappa shape index (κ1) is 32.3. The van der Waals surface area contributed by atoms with Gasteiger partial charge >= 0.3 is 5.97 Å². The summed E-state index contributed by atoms with van der Waals surface area (Å²) in [7, 11) is -1.96. The molecule has 4 aromatic rings. The SMILES string of the molecule is CC[Si](C#C[C@]1(COCc2ccccc2)O[C@@H](n2cnc3c(N)ncnc32)[C@H](OC(C)=O)[C@@H]1OCc1ccccc1)(CC)CC. The lowest BCUT2D eigenvalue weighted by molar-refractivity contribution is -0.158. The minimum atomic E-state index is -1.96. The lowest BCUT2D eigenvalue weighted by Crippen LogP contribution is -2.49. The van der Waals surface area contributed by atoms with Crippen molar-refractivity contribution in [2.75, 3.05) is 12.3 Å². The zero-order valence-electron chi connectivity index (χ0n) is 26.3. The lowest BCUT2D eigenvalue weighted by Gasteiger charge is -2.31. The number of anilines is 1. The van der Waals surface area contributed by atoms with E-state index >= 15 is 0 Å². The van der Waals surface area contributed by atoms with Crippen molar-refractivity contribution in [1.29, 1.82) is 0 Å². The molecule has 0 amide bonds. The third-order valence-electron chi connectivity index (χ3n) is 8.60. The molecule has 0 saturated carbocycles. The van der Waals surface area contributed by atoms with Crippen molar-refractivity contribution in [3.63, 3.8) is 0 Å². The van der Waals surface area contributed by atoms with Gasteiger partial charge in [-0.25, -0.2) is 15.0 Å². The van der Waals surface area contributed by atoms with Gasteiger partial charge in [-0.3, -0.25) is 9.36 Å². The molecule has 2 N–H and O–H groups in total. The van der Waals surface area contributed by atoms with Crippen LogP contribution in [0.5, 0.6) is 0 Å². The van der Waals surface area contributed by atoms with Crippen molar-refractivity contribution in [3.8, 4) is 11.5 Å². The monoisotopic (exact) mass is 627 g/mol.